The highest BCUT2D eigenvalue weighted by Crippen LogP contribution is 2.32. The van der Waals surface area contributed by atoms with Crippen molar-refractivity contribution in [2.75, 3.05) is 21.3 Å². The third kappa shape index (κ3) is 3.64. The van der Waals surface area contributed by atoms with Crippen molar-refractivity contribution in [2.24, 2.45) is 5.92 Å². The molecule has 102 valence electrons. The van der Waals surface area contributed by atoms with Crippen LogP contribution in [0.5, 0.6) is 11.5 Å². The molecule has 0 radical (unpaired) electrons. The number of nitrogens with one attached hydrogen (secondary N) is 1. The van der Waals surface area contributed by atoms with Gasteiger partial charge in [0.25, 0.3) is 0 Å². The predicted octanol–water partition coefficient (Wildman–Crippen LogP) is 3.40. The van der Waals surface area contributed by atoms with Crippen molar-refractivity contribution in [3.8, 4) is 11.5 Å². The van der Waals surface area contributed by atoms with Crippen molar-refractivity contribution in [2.45, 2.75) is 32.7 Å². The van der Waals surface area contributed by atoms with E-state index in [9.17, 15) is 0 Å². The summed E-state index contributed by atoms with van der Waals surface area (Å²) in [6, 6.07) is 6.49. The monoisotopic (exact) mass is 251 g/mol. The van der Waals surface area contributed by atoms with Crippen LogP contribution in [0.1, 0.15) is 38.3 Å². The average molecular weight is 251 g/mol. The molecule has 3 heteroatoms. The molecule has 0 heterocycles. The van der Waals surface area contributed by atoms with Crippen LogP contribution >= 0.6 is 0 Å². The van der Waals surface area contributed by atoms with Crippen LogP contribution in [0.2, 0.25) is 0 Å². The summed E-state index contributed by atoms with van der Waals surface area (Å²) in [7, 11) is 5.33. The van der Waals surface area contributed by atoms with Crippen molar-refractivity contribution >= 4 is 0 Å². The van der Waals surface area contributed by atoms with Gasteiger partial charge in [-0.05, 0) is 37.1 Å². The molecule has 0 spiro atoms. The fourth-order valence-corrected chi connectivity index (χ4v) is 2.06. The van der Waals surface area contributed by atoms with Gasteiger partial charge in [0, 0.05) is 6.04 Å². The minimum atomic E-state index is 0.361. The zero-order valence-electron chi connectivity index (χ0n) is 12.1. The first-order valence-electron chi connectivity index (χ1n) is 6.55. The molecule has 0 aliphatic carbocycles. The molecule has 3 nitrogen and oxygen atoms in total. The largest absolute Gasteiger partial charge is 0.493 e. The Bertz CT molecular complexity index is 366. The van der Waals surface area contributed by atoms with Crippen LogP contribution in [-0.2, 0) is 0 Å². The number of rotatable bonds is 7. The van der Waals surface area contributed by atoms with Crippen molar-refractivity contribution in [3.05, 3.63) is 23.8 Å². The minimum Gasteiger partial charge on any atom is -0.493 e. The highest BCUT2D eigenvalue weighted by atomic mass is 16.5. The van der Waals surface area contributed by atoms with Crippen LogP contribution < -0.4 is 14.8 Å². The zero-order valence-corrected chi connectivity index (χ0v) is 12.1. The van der Waals surface area contributed by atoms with E-state index in [0.29, 0.717) is 12.0 Å². The fraction of sp³-hybridized carbons (Fsp3) is 0.600. The summed E-state index contributed by atoms with van der Waals surface area (Å²) in [5.74, 6) is 2.27. The predicted molar refractivity (Wildman–Crippen MR) is 75.4 cm³/mol. The lowest BCUT2D eigenvalue weighted by atomic mass is 9.94. The number of ether oxygens (including phenoxy) is 2. The van der Waals surface area contributed by atoms with Gasteiger partial charge in [-0.25, -0.2) is 0 Å². The number of hydrogen-bond acceptors (Lipinski definition) is 3. The molecule has 0 aromatic heterocycles. The summed E-state index contributed by atoms with van der Waals surface area (Å²) in [4.78, 5) is 0. The van der Waals surface area contributed by atoms with Crippen LogP contribution in [-0.4, -0.2) is 21.3 Å². The Labute approximate surface area is 110 Å². The van der Waals surface area contributed by atoms with E-state index in [4.69, 9.17) is 9.47 Å². The summed E-state index contributed by atoms with van der Waals surface area (Å²) in [5.41, 5.74) is 1.25. The zero-order chi connectivity index (χ0) is 13.5. The molecule has 0 fully saturated rings. The summed E-state index contributed by atoms with van der Waals surface area (Å²) in [5, 5.41) is 3.38. The van der Waals surface area contributed by atoms with Gasteiger partial charge in [-0.3, -0.25) is 0 Å². The Morgan fingerprint density at radius 2 is 1.83 bits per heavy atom. The summed E-state index contributed by atoms with van der Waals surface area (Å²) in [6.07, 6.45) is 2.33. The van der Waals surface area contributed by atoms with Crippen LogP contribution in [0, 0.1) is 5.92 Å². The molecule has 0 saturated carbocycles. The van der Waals surface area contributed by atoms with E-state index < -0.39 is 0 Å². The summed E-state index contributed by atoms with van der Waals surface area (Å²) < 4.78 is 10.6. The van der Waals surface area contributed by atoms with E-state index in [0.717, 1.165) is 17.9 Å². The third-order valence-electron chi connectivity index (χ3n) is 3.49. The van der Waals surface area contributed by atoms with Crippen LogP contribution in [0.3, 0.4) is 0 Å². The molecule has 0 aliphatic rings. The van der Waals surface area contributed by atoms with Crippen molar-refractivity contribution in [1.29, 1.82) is 0 Å². The maximum absolute atomic E-state index is 5.35. The van der Waals surface area contributed by atoms with Crippen molar-refractivity contribution < 1.29 is 9.47 Å². The molecule has 0 amide bonds. The van der Waals surface area contributed by atoms with Crippen molar-refractivity contribution in [1.82, 2.24) is 5.32 Å². The first-order chi connectivity index (χ1) is 8.65. The van der Waals surface area contributed by atoms with E-state index in [1.807, 2.05) is 13.1 Å². The van der Waals surface area contributed by atoms with Crippen LogP contribution in [0.4, 0.5) is 0 Å². The van der Waals surface area contributed by atoms with Crippen molar-refractivity contribution in [3.63, 3.8) is 0 Å². The first-order valence-corrected chi connectivity index (χ1v) is 6.55. The SMILES string of the molecule is CCC(C)CC(NC)c1ccc(OC)c(OC)c1. The van der Waals surface area contributed by atoms with Gasteiger partial charge in [0.1, 0.15) is 0 Å². The normalized spacial score (nSPS) is 14.1. The molecular weight excluding hydrogens is 226 g/mol. The second-order valence-electron chi connectivity index (χ2n) is 4.70. The summed E-state index contributed by atoms with van der Waals surface area (Å²) in [6.45, 7) is 4.51. The topological polar surface area (TPSA) is 30.5 Å². The van der Waals surface area contributed by atoms with E-state index >= 15 is 0 Å². The van der Waals surface area contributed by atoms with E-state index in [1.165, 1.54) is 12.0 Å². The Morgan fingerprint density at radius 1 is 1.17 bits per heavy atom. The average Bonchev–Trinajstić information content (AvgIpc) is 2.43. The fourth-order valence-electron chi connectivity index (χ4n) is 2.06. The molecule has 2 unspecified atom stereocenters. The molecule has 1 aromatic rings. The van der Waals surface area contributed by atoms with Gasteiger partial charge < -0.3 is 14.8 Å². The van der Waals surface area contributed by atoms with Gasteiger partial charge >= 0.3 is 0 Å². The van der Waals surface area contributed by atoms with Crippen LogP contribution in [0.15, 0.2) is 18.2 Å². The molecular formula is C15H25NO2. The summed E-state index contributed by atoms with van der Waals surface area (Å²) >= 11 is 0. The molecule has 1 N–H and O–H groups in total. The molecule has 1 rings (SSSR count). The van der Waals surface area contributed by atoms with Gasteiger partial charge in [0.2, 0.25) is 0 Å². The molecule has 1 aromatic carbocycles. The minimum absolute atomic E-state index is 0.361. The van der Waals surface area contributed by atoms with Gasteiger partial charge in [-0.15, -0.1) is 0 Å². The third-order valence-corrected chi connectivity index (χ3v) is 3.49. The molecule has 2 atom stereocenters. The second-order valence-corrected chi connectivity index (χ2v) is 4.70. The lowest BCUT2D eigenvalue weighted by Gasteiger charge is -2.21. The van der Waals surface area contributed by atoms with E-state index in [-0.39, 0.29) is 0 Å². The lowest BCUT2D eigenvalue weighted by molar-refractivity contribution is 0.352. The maximum atomic E-state index is 5.35. The first kappa shape index (κ1) is 14.8. The Balaban J connectivity index is 2.92. The Hall–Kier alpha value is -1.22. The highest BCUT2D eigenvalue weighted by molar-refractivity contribution is 5.43. The molecule has 0 saturated heterocycles. The standard InChI is InChI=1S/C15H25NO2/c1-6-11(2)9-13(16-3)12-7-8-14(17-4)15(10-12)18-5/h7-8,10-11,13,16H,6,9H2,1-5H3. The Morgan fingerprint density at radius 3 is 2.33 bits per heavy atom. The van der Waals surface area contributed by atoms with Gasteiger partial charge in [-0.1, -0.05) is 26.3 Å². The maximum Gasteiger partial charge on any atom is 0.161 e. The molecule has 0 aliphatic heterocycles. The van der Waals surface area contributed by atoms with Crippen LogP contribution in [0.25, 0.3) is 0 Å². The quantitative estimate of drug-likeness (QED) is 0.805. The lowest BCUT2D eigenvalue weighted by Crippen LogP contribution is -2.19. The number of hydrogen-bond donors (Lipinski definition) is 1. The van der Waals surface area contributed by atoms with Gasteiger partial charge in [-0.2, -0.15) is 0 Å². The highest BCUT2D eigenvalue weighted by Gasteiger charge is 2.15. The Kier molecular flexibility index (Phi) is 5.99. The second kappa shape index (κ2) is 7.27. The van der Waals surface area contributed by atoms with Gasteiger partial charge in [0.15, 0.2) is 11.5 Å². The van der Waals surface area contributed by atoms with E-state index in [2.05, 4.69) is 31.3 Å². The number of methoxy groups -OCH3 is 2. The van der Waals surface area contributed by atoms with E-state index in [1.54, 1.807) is 14.2 Å². The van der Waals surface area contributed by atoms with Gasteiger partial charge in [0.05, 0.1) is 14.2 Å². The molecule has 18 heavy (non-hydrogen) atoms. The molecule has 0 bridgehead atoms. The smallest absolute Gasteiger partial charge is 0.161 e. The number of benzene rings is 1.